The summed E-state index contributed by atoms with van der Waals surface area (Å²) in [5.41, 5.74) is 2.08. The van der Waals surface area contributed by atoms with Crippen molar-refractivity contribution in [1.82, 2.24) is 30.1 Å². The highest BCUT2D eigenvalue weighted by molar-refractivity contribution is 5.97. The number of hydrogen-bond donors (Lipinski definition) is 1. The molecule has 1 N–H and O–H groups in total. The molecule has 2 amide bonds. The van der Waals surface area contributed by atoms with Crippen LogP contribution in [0.2, 0.25) is 0 Å². The molecule has 1 aromatic carbocycles. The molecule has 2 saturated heterocycles. The van der Waals surface area contributed by atoms with Gasteiger partial charge in [-0.1, -0.05) is 0 Å². The van der Waals surface area contributed by atoms with Crippen LogP contribution in [-0.2, 0) is 4.79 Å². The van der Waals surface area contributed by atoms with E-state index in [2.05, 4.69) is 20.3 Å². The lowest BCUT2D eigenvalue weighted by molar-refractivity contribution is -0.133. The molecule has 2 fully saturated rings. The lowest BCUT2D eigenvalue weighted by Crippen LogP contribution is -2.52. The van der Waals surface area contributed by atoms with E-state index in [9.17, 15) is 9.59 Å². The number of nitrogens with one attached hydrogen (secondary N) is 1. The lowest BCUT2D eigenvalue weighted by Gasteiger charge is -2.36. The second-order valence-corrected chi connectivity index (χ2v) is 7.04. The maximum Gasteiger partial charge on any atom is 0.254 e. The predicted octanol–water partition coefficient (Wildman–Crippen LogP) is 0.728. The number of amides is 2. The Kier molecular flexibility index (Phi) is 4.83. The molecule has 8 heteroatoms. The third-order valence-corrected chi connectivity index (χ3v) is 5.29. The molecule has 0 spiro atoms. The number of piperidine rings is 1. The van der Waals surface area contributed by atoms with E-state index >= 15 is 0 Å². The molecule has 0 saturated carbocycles. The van der Waals surface area contributed by atoms with Crippen molar-refractivity contribution >= 4 is 22.8 Å². The molecule has 8 nitrogen and oxygen atoms in total. The third kappa shape index (κ3) is 3.55. The number of piperazine rings is 1. The normalized spacial score (nSPS) is 19.1. The van der Waals surface area contributed by atoms with Gasteiger partial charge in [-0.05, 0) is 37.5 Å². The van der Waals surface area contributed by atoms with E-state index in [0.29, 0.717) is 30.7 Å². The number of likely N-dealkylation sites (tertiary alicyclic amines) is 1. The first-order valence-electron chi connectivity index (χ1n) is 9.31. The average Bonchev–Trinajstić information content (AvgIpc) is 3.16. The van der Waals surface area contributed by atoms with Crippen molar-refractivity contribution in [2.75, 3.05) is 45.8 Å². The molecule has 0 radical (unpaired) electrons. The van der Waals surface area contributed by atoms with E-state index in [1.54, 1.807) is 18.2 Å². The van der Waals surface area contributed by atoms with Crippen LogP contribution in [-0.4, -0.2) is 87.7 Å². The maximum atomic E-state index is 12.7. The van der Waals surface area contributed by atoms with Crippen LogP contribution in [0, 0.1) is 0 Å². The van der Waals surface area contributed by atoms with Gasteiger partial charge in [-0.3, -0.25) is 14.5 Å². The van der Waals surface area contributed by atoms with Gasteiger partial charge >= 0.3 is 0 Å². The fourth-order valence-corrected chi connectivity index (χ4v) is 3.70. The molecule has 138 valence electrons. The minimum Gasteiger partial charge on any atom is -0.342 e. The van der Waals surface area contributed by atoms with E-state index in [1.807, 2.05) is 9.80 Å². The zero-order valence-electron chi connectivity index (χ0n) is 14.9. The molecule has 2 aliphatic rings. The summed E-state index contributed by atoms with van der Waals surface area (Å²) in [6.07, 6.45) is 3.46. The van der Waals surface area contributed by atoms with Gasteiger partial charge < -0.3 is 9.80 Å². The number of rotatable bonds is 3. The number of benzene rings is 1. The minimum absolute atomic E-state index is 0.0110. The highest BCUT2D eigenvalue weighted by Crippen LogP contribution is 2.15. The summed E-state index contributed by atoms with van der Waals surface area (Å²) < 4.78 is 0. The number of fused-ring (bicyclic) bond motifs is 1. The molecule has 2 aliphatic heterocycles. The Morgan fingerprint density at radius 1 is 0.885 bits per heavy atom. The van der Waals surface area contributed by atoms with Gasteiger partial charge in [-0.2, -0.15) is 15.4 Å². The summed E-state index contributed by atoms with van der Waals surface area (Å²) in [5, 5.41) is 10.6. The van der Waals surface area contributed by atoms with Gasteiger partial charge in [0.1, 0.15) is 11.0 Å². The Bertz CT molecular complexity index is 790. The first kappa shape index (κ1) is 17.0. The van der Waals surface area contributed by atoms with Crippen LogP contribution in [0.1, 0.15) is 29.6 Å². The first-order valence-corrected chi connectivity index (χ1v) is 9.31. The lowest BCUT2D eigenvalue weighted by atomic mass is 10.1. The zero-order chi connectivity index (χ0) is 17.9. The molecule has 1 aromatic heterocycles. The van der Waals surface area contributed by atoms with Crippen LogP contribution in [0.15, 0.2) is 18.2 Å². The second kappa shape index (κ2) is 7.41. The summed E-state index contributed by atoms with van der Waals surface area (Å²) in [5.74, 6) is 0.234. The molecule has 0 atom stereocenters. The van der Waals surface area contributed by atoms with E-state index in [4.69, 9.17) is 0 Å². The number of H-pyrrole nitrogens is 1. The van der Waals surface area contributed by atoms with Gasteiger partial charge in [0.15, 0.2) is 0 Å². The third-order valence-electron chi connectivity index (χ3n) is 5.29. The number of carbonyl (C=O) groups is 2. The number of hydrogen-bond acceptors (Lipinski definition) is 5. The van der Waals surface area contributed by atoms with Crippen LogP contribution in [0.25, 0.3) is 11.0 Å². The average molecular weight is 356 g/mol. The number of aromatic nitrogens is 3. The highest BCUT2D eigenvalue weighted by atomic mass is 16.2. The standard InChI is InChI=1S/C18H24N6O2/c25-17(23-6-2-1-3-7-23)13-22-8-10-24(11-9-22)18(26)14-4-5-15-16(12-14)20-21-19-15/h4-5,12H,1-3,6-11,13H2,(H,19,20,21). The van der Waals surface area contributed by atoms with Crippen molar-refractivity contribution in [2.45, 2.75) is 19.3 Å². The van der Waals surface area contributed by atoms with Crippen LogP contribution in [0.5, 0.6) is 0 Å². The molecule has 0 bridgehead atoms. The van der Waals surface area contributed by atoms with Crippen LogP contribution in [0.4, 0.5) is 0 Å². The van der Waals surface area contributed by atoms with Crippen molar-refractivity contribution in [3.8, 4) is 0 Å². The summed E-state index contributed by atoms with van der Waals surface area (Å²) >= 11 is 0. The Morgan fingerprint density at radius 2 is 1.62 bits per heavy atom. The van der Waals surface area contributed by atoms with Gasteiger partial charge in [0.25, 0.3) is 5.91 Å². The Hall–Kier alpha value is -2.48. The smallest absolute Gasteiger partial charge is 0.254 e. The predicted molar refractivity (Wildman–Crippen MR) is 96.7 cm³/mol. The fourth-order valence-electron chi connectivity index (χ4n) is 3.70. The van der Waals surface area contributed by atoms with Gasteiger partial charge in [0.2, 0.25) is 5.91 Å². The van der Waals surface area contributed by atoms with Crippen LogP contribution < -0.4 is 0 Å². The molecule has 0 aliphatic carbocycles. The molecular formula is C18H24N6O2. The Balaban J connectivity index is 1.31. The van der Waals surface area contributed by atoms with Crippen molar-refractivity contribution in [3.05, 3.63) is 23.8 Å². The maximum absolute atomic E-state index is 12.7. The first-order chi connectivity index (χ1) is 12.7. The number of aromatic amines is 1. The van der Waals surface area contributed by atoms with E-state index < -0.39 is 0 Å². The minimum atomic E-state index is 0.0110. The summed E-state index contributed by atoms with van der Waals surface area (Å²) in [6, 6.07) is 5.37. The SMILES string of the molecule is O=C(CN1CCN(C(=O)c2ccc3n[nH]nc3c2)CC1)N1CCCCC1. The molecule has 26 heavy (non-hydrogen) atoms. The van der Waals surface area contributed by atoms with Crippen molar-refractivity contribution < 1.29 is 9.59 Å². The van der Waals surface area contributed by atoms with Crippen LogP contribution >= 0.6 is 0 Å². The largest absolute Gasteiger partial charge is 0.342 e. The molecule has 2 aromatic rings. The monoisotopic (exact) mass is 356 g/mol. The molecular weight excluding hydrogens is 332 g/mol. The fraction of sp³-hybridized carbons (Fsp3) is 0.556. The van der Waals surface area contributed by atoms with Crippen molar-refractivity contribution in [1.29, 1.82) is 0 Å². The Labute approximate surface area is 152 Å². The van der Waals surface area contributed by atoms with E-state index in [-0.39, 0.29) is 11.8 Å². The highest BCUT2D eigenvalue weighted by Gasteiger charge is 2.25. The quantitative estimate of drug-likeness (QED) is 0.876. The van der Waals surface area contributed by atoms with Gasteiger partial charge in [-0.15, -0.1) is 0 Å². The van der Waals surface area contributed by atoms with Gasteiger partial charge in [0.05, 0.1) is 6.54 Å². The molecule has 4 rings (SSSR count). The number of nitrogens with zero attached hydrogens (tertiary/aromatic N) is 5. The Morgan fingerprint density at radius 3 is 2.38 bits per heavy atom. The van der Waals surface area contributed by atoms with Gasteiger partial charge in [-0.25, -0.2) is 0 Å². The summed E-state index contributed by atoms with van der Waals surface area (Å²) in [4.78, 5) is 31.1. The van der Waals surface area contributed by atoms with Crippen molar-refractivity contribution in [3.63, 3.8) is 0 Å². The second-order valence-electron chi connectivity index (χ2n) is 7.04. The van der Waals surface area contributed by atoms with Gasteiger partial charge in [0, 0.05) is 44.8 Å². The topological polar surface area (TPSA) is 85.4 Å². The van der Waals surface area contributed by atoms with Crippen molar-refractivity contribution in [2.24, 2.45) is 0 Å². The summed E-state index contributed by atoms with van der Waals surface area (Å²) in [7, 11) is 0. The number of carbonyl (C=O) groups excluding carboxylic acids is 2. The van der Waals surface area contributed by atoms with E-state index in [0.717, 1.165) is 44.5 Å². The molecule has 0 unspecified atom stereocenters. The van der Waals surface area contributed by atoms with E-state index in [1.165, 1.54) is 6.42 Å². The molecule has 3 heterocycles. The van der Waals surface area contributed by atoms with Crippen LogP contribution in [0.3, 0.4) is 0 Å². The summed E-state index contributed by atoms with van der Waals surface area (Å²) in [6.45, 7) is 5.00. The zero-order valence-corrected chi connectivity index (χ0v) is 14.9.